The Morgan fingerprint density at radius 1 is 1.30 bits per heavy atom. The number of hydrogen-bond donors (Lipinski definition) is 1. The second-order valence-electron chi connectivity index (χ2n) is 4.42. The first kappa shape index (κ1) is 14.7. The lowest BCUT2D eigenvalue weighted by Crippen LogP contribution is -2.08. The van der Waals surface area contributed by atoms with Crippen LogP contribution in [0.4, 0.5) is 0 Å². The first-order chi connectivity index (χ1) is 9.38. The van der Waals surface area contributed by atoms with Gasteiger partial charge in [-0.15, -0.1) is 0 Å². The highest BCUT2D eigenvalue weighted by atomic mass is 35.5. The summed E-state index contributed by atoms with van der Waals surface area (Å²) in [7, 11) is 0. The molecule has 104 valence electrons. The predicted molar refractivity (Wildman–Crippen MR) is 80.6 cm³/mol. The second-order valence-corrected chi connectivity index (χ2v) is 5.23. The monoisotopic (exact) mass is 310 g/mol. The van der Waals surface area contributed by atoms with E-state index in [9.17, 15) is 9.90 Å². The third-order valence-electron chi connectivity index (χ3n) is 2.87. The summed E-state index contributed by atoms with van der Waals surface area (Å²) in [4.78, 5) is 11.7. The summed E-state index contributed by atoms with van der Waals surface area (Å²) in [6.07, 6.45) is 0.173. The molecule has 0 aliphatic rings. The van der Waals surface area contributed by atoms with Crippen LogP contribution >= 0.6 is 23.2 Å². The lowest BCUT2D eigenvalue weighted by Gasteiger charge is -2.08. The van der Waals surface area contributed by atoms with Crippen LogP contribution in [0.2, 0.25) is 10.0 Å². The number of aryl methyl sites for hydroxylation is 1. The van der Waals surface area contributed by atoms with Crippen molar-refractivity contribution in [2.75, 3.05) is 0 Å². The van der Waals surface area contributed by atoms with E-state index in [0.29, 0.717) is 21.4 Å². The highest BCUT2D eigenvalue weighted by Gasteiger charge is 2.12. The topological polar surface area (TPSA) is 50.4 Å². The zero-order chi connectivity index (χ0) is 14.9. The molecule has 1 N–H and O–H groups in total. The number of hydrogen-bond acceptors (Lipinski definition) is 3. The van der Waals surface area contributed by atoms with Crippen LogP contribution in [0.5, 0.6) is 5.75 Å². The van der Waals surface area contributed by atoms with Gasteiger partial charge in [0.2, 0.25) is 0 Å². The van der Waals surface area contributed by atoms with Gasteiger partial charge in [0.25, 0.3) is 0 Å². The largest absolute Gasteiger partial charge is 0.507 e. The summed E-state index contributed by atoms with van der Waals surface area (Å²) in [6, 6.07) is 6.48. The van der Waals surface area contributed by atoms with Crippen LogP contribution in [-0.2, 0) is 6.42 Å². The molecule has 0 aliphatic carbocycles. The fourth-order valence-electron chi connectivity index (χ4n) is 1.82. The first-order valence-corrected chi connectivity index (χ1v) is 6.60. The third-order valence-corrected chi connectivity index (χ3v) is 3.61. The summed E-state index contributed by atoms with van der Waals surface area (Å²) in [5.74, 6) is 0.261. The Kier molecular flexibility index (Phi) is 4.21. The maximum Gasteiger partial charge on any atom is 0.343 e. The van der Waals surface area contributed by atoms with Crippen molar-refractivity contribution in [1.29, 1.82) is 0 Å². The fourth-order valence-corrected chi connectivity index (χ4v) is 2.11. The highest BCUT2D eigenvalue weighted by molar-refractivity contribution is 6.42. The molecule has 0 radical (unpaired) electrons. The Bertz CT molecular complexity index is 732. The van der Waals surface area contributed by atoms with Crippen LogP contribution in [0.3, 0.4) is 0 Å². The summed E-state index contributed by atoms with van der Waals surface area (Å²) in [6.45, 7) is 5.50. The normalized spacial score (nSPS) is 10.6. The van der Waals surface area contributed by atoms with E-state index in [1.54, 1.807) is 25.1 Å². The molecule has 3 nitrogen and oxygen atoms in total. The molecule has 0 bridgehead atoms. The summed E-state index contributed by atoms with van der Waals surface area (Å²) >= 11 is 11.8. The minimum Gasteiger partial charge on any atom is -0.507 e. The molecule has 1 aromatic heterocycles. The molecule has 0 fully saturated rings. The van der Waals surface area contributed by atoms with E-state index in [1.165, 1.54) is 6.07 Å². The molecule has 2 aromatic rings. The van der Waals surface area contributed by atoms with Crippen LogP contribution in [0, 0.1) is 6.92 Å². The minimum atomic E-state index is -0.566. The standard InChI is InChI=1S/C15H12Cl2O3/c1-8(10-3-4-12(16)13(17)7-10)5-11-14(18)6-9(2)20-15(11)19/h3-4,6-7,18H,1,5H2,2H3. The Balaban J connectivity index is 2.33. The Hall–Kier alpha value is -1.71. The van der Waals surface area contributed by atoms with Crippen LogP contribution < -0.4 is 5.63 Å². The van der Waals surface area contributed by atoms with Crippen molar-refractivity contribution in [2.45, 2.75) is 13.3 Å². The summed E-state index contributed by atoms with van der Waals surface area (Å²) in [5.41, 5.74) is 0.990. The van der Waals surface area contributed by atoms with Gasteiger partial charge in [0, 0.05) is 12.5 Å². The molecule has 0 saturated heterocycles. The van der Waals surface area contributed by atoms with Crippen molar-refractivity contribution in [1.82, 2.24) is 0 Å². The van der Waals surface area contributed by atoms with Gasteiger partial charge in [-0.25, -0.2) is 4.79 Å². The smallest absolute Gasteiger partial charge is 0.343 e. The number of halogens is 2. The third kappa shape index (κ3) is 3.06. The van der Waals surface area contributed by atoms with Crippen molar-refractivity contribution in [3.63, 3.8) is 0 Å². The summed E-state index contributed by atoms with van der Waals surface area (Å²) < 4.78 is 4.96. The molecule has 0 amide bonds. The molecular formula is C15H12Cl2O3. The van der Waals surface area contributed by atoms with Gasteiger partial charge in [-0.3, -0.25) is 0 Å². The van der Waals surface area contributed by atoms with Gasteiger partial charge in [0.05, 0.1) is 15.6 Å². The van der Waals surface area contributed by atoms with Crippen LogP contribution in [0.25, 0.3) is 5.57 Å². The molecule has 1 aromatic carbocycles. The van der Waals surface area contributed by atoms with Crippen molar-refractivity contribution >= 4 is 28.8 Å². The number of rotatable bonds is 3. The van der Waals surface area contributed by atoms with Crippen molar-refractivity contribution in [3.05, 3.63) is 68.2 Å². The van der Waals surface area contributed by atoms with Crippen molar-refractivity contribution in [2.24, 2.45) is 0 Å². The first-order valence-electron chi connectivity index (χ1n) is 5.84. The van der Waals surface area contributed by atoms with E-state index in [4.69, 9.17) is 27.6 Å². The molecule has 0 saturated carbocycles. The van der Waals surface area contributed by atoms with E-state index >= 15 is 0 Å². The maximum absolute atomic E-state index is 11.7. The molecule has 1 heterocycles. The lowest BCUT2D eigenvalue weighted by molar-refractivity contribution is 0.425. The average molecular weight is 311 g/mol. The van der Waals surface area contributed by atoms with E-state index in [1.807, 2.05) is 0 Å². The molecule has 20 heavy (non-hydrogen) atoms. The van der Waals surface area contributed by atoms with Gasteiger partial charge >= 0.3 is 5.63 Å². The predicted octanol–water partition coefficient (Wildman–Crippen LogP) is 4.22. The summed E-state index contributed by atoms with van der Waals surface area (Å²) in [5, 5.41) is 10.7. The Morgan fingerprint density at radius 2 is 2.00 bits per heavy atom. The quantitative estimate of drug-likeness (QED) is 0.923. The number of aromatic hydroxyl groups is 1. The molecule has 0 spiro atoms. The number of allylic oxidation sites excluding steroid dienone is 1. The SMILES string of the molecule is C=C(Cc1c(O)cc(C)oc1=O)c1ccc(Cl)c(Cl)c1. The molecule has 2 rings (SSSR count). The zero-order valence-corrected chi connectivity index (χ0v) is 12.3. The van der Waals surface area contributed by atoms with Gasteiger partial charge < -0.3 is 9.52 Å². The molecule has 5 heteroatoms. The molecule has 0 atom stereocenters. The zero-order valence-electron chi connectivity index (χ0n) is 10.7. The maximum atomic E-state index is 11.7. The van der Waals surface area contributed by atoms with E-state index in [0.717, 1.165) is 5.56 Å². The van der Waals surface area contributed by atoms with E-state index in [2.05, 4.69) is 6.58 Å². The van der Waals surface area contributed by atoms with Crippen LogP contribution in [0.15, 0.2) is 40.1 Å². The second kappa shape index (κ2) is 5.73. The average Bonchev–Trinajstić information content (AvgIpc) is 2.36. The number of benzene rings is 1. The van der Waals surface area contributed by atoms with Gasteiger partial charge in [-0.2, -0.15) is 0 Å². The molecule has 0 aliphatic heterocycles. The van der Waals surface area contributed by atoms with Gasteiger partial charge in [0.15, 0.2) is 0 Å². The van der Waals surface area contributed by atoms with E-state index in [-0.39, 0.29) is 17.7 Å². The van der Waals surface area contributed by atoms with Crippen LogP contribution in [-0.4, -0.2) is 5.11 Å². The van der Waals surface area contributed by atoms with Crippen molar-refractivity contribution in [3.8, 4) is 5.75 Å². The van der Waals surface area contributed by atoms with Crippen molar-refractivity contribution < 1.29 is 9.52 Å². The Morgan fingerprint density at radius 3 is 2.60 bits per heavy atom. The molecular weight excluding hydrogens is 299 g/mol. The van der Waals surface area contributed by atoms with E-state index < -0.39 is 5.63 Å². The van der Waals surface area contributed by atoms with Gasteiger partial charge in [-0.05, 0) is 30.2 Å². The Labute approximate surface area is 126 Å². The minimum absolute atomic E-state index is 0.0973. The van der Waals surface area contributed by atoms with Crippen LogP contribution in [0.1, 0.15) is 16.9 Å². The van der Waals surface area contributed by atoms with Gasteiger partial charge in [0.1, 0.15) is 11.5 Å². The highest BCUT2D eigenvalue weighted by Crippen LogP contribution is 2.28. The molecule has 0 unspecified atom stereocenters. The van der Waals surface area contributed by atoms with Gasteiger partial charge in [-0.1, -0.05) is 35.8 Å². The lowest BCUT2D eigenvalue weighted by atomic mass is 10.0. The fraction of sp³-hybridized carbons (Fsp3) is 0.133.